The van der Waals surface area contributed by atoms with Crippen molar-refractivity contribution in [2.75, 3.05) is 18.5 Å². The fourth-order valence-electron chi connectivity index (χ4n) is 2.99. The van der Waals surface area contributed by atoms with Gasteiger partial charge in [-0.25, -0.2) is 4.79 Å². The topological polar surface area (TPSA) is 88.7 Å². The smallest absolute Gasteiger partial charge is 0.315 e. The van der Waals surface area contributed by atoms with E-state index in [9.17, 15) is 9.59 Å². The van der Waals surface area contributed by atoms with Gasteiger partial charge < -0.3 is 25.4 Å². The molecule has 3 rings (SSSR count). The summed E-state index contributed by atoms with van der Waals surface area (Å²) in [6.07, 6.45) is 2.10. The number of urea groups is 1. The van der Waals surface area contributed by atoms with Crippen molar-refractivity contribution in [3.05, 3.63) is 23.8 Å². The molecule has 3 atom stereocenters. The molecule has 1 aromatic carbocycles. The van der Waals surface area contributed by atoms with Crippen molar-refractivity contribution < 1.29 is 19.1 Å². The Morgan fingerprint density at radius 1 is 1.33 bits per heavy atom. The van der Waals surface area contributed by atoms with Crippen molar-refractivity contribution in [1.82, 2.24) is 10.6 Å². The lowest BCUT2D eigenvalue weighted by Crippen LogP contribution is -2.46. The fourth-order valence-corrected chi connectivity index (χ4v) is 2.99. The molecule has 3 N–H and O–H groups in total. The highest BCUT2D eigenvalue weighted by Gasteiger charge is 2.24. The molecule has 0 aliphatic carbocycles. The maximum absolute atomic E-state index is 12.2. The summed E-state index contributed by atoms with van der Waals surface area (Å²) < 4.78 is 10.9. The molecule has 2 aliphatic heterocycles. The standard InChI is InChI=1S/C17H23N3O4/c1-10(18-17(22)19-11(2)14-4-3-7-23-14)12-5-6-15-13(8-12)20-16(21)9-24-15/h5-6,8,10-11,14H,3-4,7,9H2,1-2H3,(H,20,21)(H2,18,19,22)/t10-,11+,14-/m0/s1. The summed E-state index contributed by atoms with van der Waals surface area (Å²) in [7, 11) is 0. The quantitative estimate of drug-likeness (QED) is 0.786. The highest BCUT2D eigenvalue weighted by atomic mass is 16.5. The lowest BCUT2D eigenvalue weighted by molar-refractivity contribution is -0.118. The molecule has 2 heterocycles. The van der Waals surface area contributed by atoms with Gasteiger partial charge in [-0.15, -0.1) is 0 Å². The second-order valence-electron chi connectivity index (χ2n) is 6.27. The number of carbonyl (C=O) groups excluding carboxylic acids is 2. The average molecular weight is 333 g/mol. The van der Waals surface area contributed by atoms with Crippen LogP contribution in [0.4, 0.5) is 10.5 Å². The summed E-state index contributed by atoms with van der Waals surface area (Å²) in [4.78, 5) is 23.6. The van der Waals surface area contributed by atoms with E-state index in [0.29, 0.717) is 11.4 Å². The van der Waals surface area contributed by atoms with Crippen LogP contribution in [0.5, 0.6) is 5.75 Å². The first-order valence-electron chi connectivity index (χ1n) is 8.28. The predicted molar refractivity (Wildman–Crippen MR) is 89.1 cm³/mol. The maximum atomic E-state index is 12.2. The normalized spacial score (nSPS) is 21.9. The third kappa shape index (κ3) is 3.79. The van der Waals surface area contributed by atoms with E-state index in [1.807, 2.05) is 26.0 Å². The third-order valence-electron chi connectivity index (χ3n) is 4.37. The molecule has 24 heavy (non-hydrogen) atoms. The molecule has 0 radical (unpaired) electrons. The SMILES string of the molecule is C[C@H](NC(=O)N[C@H](C)[C@@H]1CCCO1)c1ccc2c(c1)NC(=O)CO2. The average Bonchev–Trinajstić information content (AvgIpc) is 3.08. The number of hydrogen-bond acceptors (Lipinski definition) is 4. The van der Waals surface area contributed by atoms with Crippen molar-refractivity contribution >= 4 is 17.6 Å². The maximum Gasteiger partial charge on any atom is 0.315 e. The second kappa shape index (κ2) is 7.09. The van der Waals surface area contributed by atoms with Gasteiger partial charge >= 0.3 is 6.03 Å². The van der Waals surface area contributed by atoms with Gasteiger partial charge in [0.2, 0.25) is 0 Å². The van der Waals surface area contributed by atoms with Gasteiger partial charge in [0, 0.05) is 6.61 Å². The lowest BCUT2D eigenvalue weighted by Gasteiger charge is -2.23. The van der Waals surface area contributed by atoms with E-state index in [2.05, 4.69) is 16.0 Å². The van der Waals surface area contributed by atoms with E-state index in [-0.39, 0.29) is 36.7 Å². The Morgan fingerprint density at radius 3 is 2.92 bits per heavy atom. The fraction of sp³-hybridized carbons (Fsp3) is 0.529. The molecule has 1 fully saturated rings. The van der Waals surface area contributed by atoms with Crippen LogP contribution in [0.25, 0.3) is 0 Å². The number of rotatable bonds is 4. The van der Waals surface area contributed by atoms with Crippen LogP contribution in [0.15, 0.2) is 18.2 Å². The molecule has 1 aromatic rings. The minimum absolute atomic E-state index is 0.0314. The van der Waals surface area contributed by atoms with E-state index in [0.717, 1.165) is 25.0 Å². The predicted octanol–water partition coefficient (Wildman–Crippen LogP) is 1.95. The van der Waals surface area contributed by atoms with Gasteiger partial charge in [0.15, 0.2) is 6.61 Å². The zero-order chi connectivity index (χ0) is 17.1. The lowest BCUT2D eigenvalue weighted by atomic mass is 10.1. The highest BCUT2D eigenvalue weighted by Crippen LogP contribution is 2.30. The number of carbonyl (C=O) groups is 2. The van der Waals surface area contributed by atoms with Crippen LogP contribution in [-0.2, 0) is 9.53 Å². The monoisotopic (exact) mass is 333 g/mol. The second-order valence-corrected chi connectivity index (χ2v) is 6.27. The van der Waals surface area contributed by atoms with Gasteiger partial charge in [0.1, 0.15) is 5.75 Å². The Hall–Kier alpha value is -2.28. The van der Waals surface area contributed by atoms with Gasteiger partial charge in [0.05, 0.1) is 23.9 Å². The van der Waals surface area contributed by atoms with E-state index in [4.69, 9.17) is 9.47 Å². The zero-order valence-corrected chi connectivity index (χ0v) is 13.9. The molecule has 7 nitrogen and oxygen atoms in total. The van der Waals surface area contributed by atoms with Crippen molar-refractivity contribution in [2.45, 2.75) is 44.9 Å². The van der Waals surface area contributed by atoms with E-state index < -0.39 is 0 Å². The summed E-state index contributed by atoms with van der Waals surface area (Å²) >= 11 is 0. The molecule has 2 aliphatic rings. The summed E-state index contributed by atoms with van der Waals surface area (Å²) in [6, 6.07) is 5.03. The van der Waals surface area contributed by atoms with E-state index >= 15 is 0 Å². The minimum atomic E-state index is -0.233. The van der Waals surface area contributed by atoms with Crippen molar-refractivity contribution in [1.29, 1.82) is 0 Å². The Morgan fingerprint density at radius 2 is 2.17 bits per heavy atom. The largest absolute Gasteiger partial charge is 0.482 e. The first-order chi connectivity index (χ1) is 11.5. The number of hydrogen-bond donors (Lipinski definition) is 3. The summed E-state index contributed by atoms with van der Waals surface area (Å²) in [5.41, 5.74) is 1.52. The molecule has 0 spiro atoms. The number of benzene rings is 1. The summed E-state index contributed by atoms with van der Waals surface area (Å²) in [5, 5.41) is 8.60. The number of amides is 3. The van der Waals surface area contributed by atoms with Crippen LogP contribution in [0, 0.1) is 0 Å². The van der Waals surface area contributed by atoms with Gasteiger partial charge in [-0.3, -0.25) is 4.79 Å². The van der Waals surface area contributed by atoms with Crippen molar-refractivity contribution in [3.8, 4) is 5.75 Å². The Balaban J connectivity index is 1.58. The number of anilines is 1. The Bertz CT molecular complexity index is 628. The van der Waals surface area contributed by atoms with Crippen LogP contribution in [0.2, 0.25) is 0 Å². The van der Waals surface area contributed by atoms with Crippen LogP contribution < -0.4 is 20.7 Å². The van der Waals surface area contributed by atoms with E-state index in [1.54, 1.807) is 6.07 Å². The molecule has 0 unspecified atom stereocenters. The van der Waals surface area contributed by atoms with Crippen molar-refractivity contribution in [2.24, 2.45) is 0 Å². The summed E-state index contributed by atoms with van der Waals surface area (Å²) in [5.74, 6) is 0.463. The molecule has 0 aromatic heterocycles. The minimum Gasteiger partial charge on any atom is -0.482 e. The molecule has 1 saturated heterocycles. The molecular formula is C17H23N3O4. The first-order valence-corrected chi connectivity index (χ1v) is 8.28. The van der Waals surface area contributed by atoms with Crippen LogP contribution in [-0.4, -0.2) is 37.3 Å². The van der Waals surface area contributed by atoms with E-state index in [1.165, 1.54) is 0 Å². The zero-order valence-electron chi connectivity index (χ0n) is 13.9. The highest BCUT2D eigenvalue weighted by molar-refractivity contribution is 5.95. The Labute approximate surface area is 141 Å². The molecule has 3 amide bonds. The Kier molecular flexibility index (Phi) is 4.89. The summed E-state index contributed by atoms with van der Waals surface area (Å²) in [6.45, 7) is 4.64. The molecule has 7 heteroatoms. The van der Waals surface area contributed by atoms with Gasteiger partial charge in [-0.2, -0.15) is 0 Å². The molecule has 0 bridgehead atoms. The first kappa shape index (κ1) is 16.6. The third-order valence-corrected chi connectivity index (χ3v) is 4.37. The van der Waals surface area contributed by atoms with Crippen LogP contribution in [0.1, 0.15) is 38.3 Å². The van der Waals surface area contributed by atoms with Crippen LogP contribution in [0.3, 0.4) is 0 Å². The van der Waals surface area contributed by atoms with Gasteiger partial charge in [0.25, 0.3) is 5.91 Å². The number of nitrogens with one attached hydrogen (secondary N) is 3. The number of ether oxygens (including phenoxy) is 2. The molecule has 130 valence electrons. The van der Waals surface area contributed by atoms with Crippen molar-refractivity contribution in [3.63, 3.8) is 0 Å². The molecular weight excluding hydrogens is 310 g/mol. The number of fused-ring (bicyclic) bond motifs is 1. The molecule has 0 saturated carbocycles. The van der Waals surface area contributed by atoms with Gasteiger partial charge in [-0.05, 0) is 44.4 Å². The van der Waals surface area contributed by atoms with Gasteiger partial charge in [-0.1, -0.05) is 6.07 Å². The van der Waals surface area contributed by atoms with Crippen LogP contribution >= 0.6 is 0 Å².